The minimum atomic E-state index is -1.04. The van der Waals surface area contributed by atoms with Crippen LogP contribution in [0.2, 0.25) is 0 Å². The van der Waals surface area contributed by atoms with Crippen LogP contribution in [0, 0.1) is 0 Å². The van der Waals surface area contributed by atoms with Crippen molar-refractivity contribution in [3.8, 4) is 5.88 Å². The van der Waals surface area contributed by atoms with Gasteiger partial charge >= 0.3 is 5.97 Å². The Hall–Kier alpha value is -4.38. The zero-order valence-electron chi connectivity index (χ0n) is 24.6. The molecule has 44 heavy (non-hydrogen) atoms. The van der Waals surface area contributed by atoms with Crippen molar-refractivity contribution in [3.63, 3.8) is 0 Å². The fraction of sp³-hybridized carbons (Fsp3) is 0.364. The van der Waals surface area contributed by atoms with E-state index >= 15 is 0 Å². The number of carbonyl (C=O) groups excluding carboxylic acids is 3. The predicted molar refractivity (Wildman–Crippen MR) is 169 cm³/mol. The second-order valence-electron chi connectivity index (χ2n) is 11.0. The monoisotopic (exact) mass is 618 g/mol. The van der Waals surface area contributed by atoms with Gasteiger partial charge in [-0.15, -0.1) is 0 Å². The third-order valence-corrected chi connectivity index (χ3v) is 8.53. The van der Waals surface area contributed by atoms with Crippen LogP contribution in [0.4, 0.5) is 0 Å². The van der Waals surface area contributed by atoms with Gasteiger partial charge in [0.05, 0.1) is 24.9 Å². The molecule has 10 nitrogen and oxygen atoms in total. The topological polar surface area (TPSA) is 138 Å². The van der Waals surface area contributed by atoms with Gasteiger partial charge in [-0.3, -0.25) is 19.2 Å². The van der Waals surface area contributed by atoms with Crippen LogP contribution in [0.15, 0.2) is 72.9 Å². The Morgan fingerprint density at radius 2 is 1.68 bits per heavy atom. The van der Waals surface area contributed by atoms with Crippen molar-refractivity contribution in [2.24, 2.45) is 0 Å². The SMILES string of the molecule is COc1ncccc1C(=O)NC1CCN(C(=O)[C@H]2CC[C@@](C(=O)NCCC(=O)O)(c3ccccc3)c3ccccc32)CC1.S. The number of hydrogen-bond acceptors (Lipinski definition) is 6. The lowest BCUT2D eigenvalue weighted by molar-refractivity contribution is -0.137. The van der Waals surface area contributed by atoms with Crippen molar-refractivity contribution >= 4 is 37.2 Å². The molecule has 1 aliphatic heterocycles. The lowest BCUT2D eigenvalue weighted by atomic mass is 9.62. The number of fused-ring (bicyclic) bond motifs is 1. The lowest BCUT2D eigenvalue weighted by Crippen LogP contribution is -2.51. The molecule has 11 heteroatoms. The molecular weight excluding hydrogens is 580 g/mol. The average molecular weight is 619 g/mol. The average Bonchev–Trinajstić information content (AvgIpc) is 3.04. The molecule has 3 amide bonds. The van der Waals surface area contributed by atoms with Gasteiger partial charge in [0.15, 0.2) is 0 Å². The largest absolute Gasteiger partial charge is 0.481 e. The van der Waals surface area contributed by atoms with Crippen LogP contribution in [0.25, 0.3) is 0 Å². The summed E-state index contributed by atoms with van der Waals surface area (Å²) in [5, 5.41) is 15.0. The van der Waals surface area contributed by atoms with Gasteiger partial charge in [0.1, 0.15) is 5.56 Å². The molecule has 0 unspecified atom stereocenters. The molecule has 2 aromatic carbocycles. The molecular formula is C33H38N4O6S. The summed E-state index contributed by atoms with van der Waals surface area (Å²) in [6.07, 6.45) is 3.50. The maximum atomic E-state index is 14.0. The van der Waals surface area contributed by atoms with Crippen molar-refractivity contribution in [2.75, 3.05) is 26.7 Å². The number of aliphatic carboxylic acids is 1. The Morgan fingerprint density at radius 1 is 0.977 bits per heavy atom. The van der Waals surface area contributed by atoms with Crippen molar-refractivity contribution in [1.29, 1.82) is 0 Å². The summed E-state index contributed by atoms with van der Waals surface area (Å²) in [5.41, 5.74) is 1.72. The minimum absolute atomic E-state index is 0. The second kappa shape index (κ2) is 14.4. The highest BCUT2D eigenvalue weighted by Gasteiger charge is 2.48. The highest BCUT2D eigenvalue weighted by atomic mass is 32.1. The van der Waals surface area contributed by atoms with Gasteiger partial charge in [-0.1, -0.05) is 54.6 Å². The Kier molecular flexibility index (Phi) is 10.6. The van der Waals surface area contributed by atoms with E-state index < -0.39 is 17.3 Å². The van der Waals surface area contributed by atoms with E-state index in [1.807, 2.05) is 59.5 Å². The minimum Gasteiger partial charge on any atom is -0.481 e. The molecule has 3 aromatic rings. The highest BCUT2D eigenvalue weighted by Crippen LogP contribution is 2.48. The molecule has 1 aliphatic carbocycles. The molecule has 2 heterocycles. The standard InChI is InChI=1S/C33H36N4O6.H2S/c1-43-30-26(11-7-18-34-30)29(40)36-23-15-20-37(21-16-23)31(41)25-13-17-33(22-8-3-2-4-9-22,27-12-6-5-10-24(25)27)32(42)35-19-14-28(38)39;/h2-12,18,23,25H,13-17,19-21H2,1H3,(H,35,42)(H,36,40)(H,38,39);1H2/t25-,33+;/m0./s1. The first-order valence-electron chi connectivity index (χ1n) is 14.6. The summed E-state index contributed by atoms with van der Waals surface area (Å²) in [4.78, 5) is 57.7. The summed E-state index contributed by atoms with van der Waals surface area (Å²) in [5.74, 6) is -1.63. The number of aromatic nitrogens is 1. The van der Waals surface area contributed by atoms with Crippen LogP contribution >= 0.6 is 13.5 Å². The molecule has 2 atom stereocenters. The van der Waals surface area contributed by atoms with E-state index in [1.54, 1.807) is 18.3 Å². The summed E-state index contributed by atoms with van der Waals surface area (Å²) in [7, 11) is 1.47. The van der Waals surface area contributed by atoms with Gasteiger partial charge in [0.2, 0.25) is 17.7 Å². The highest BCUT2D eigenvalue weighted by molar-refractivity contribution is 7.59. The maximum Gasteiger partial charge on any atom is 0.305 e. The number of hydrogen-bond donors (Lipinski definition) is 3. The molecule has 0 spiro atoms. The van der Waals surface area contributed by atoms with Crippen LogP contribution < -0.4 is 15.4 Å². The molecule has 5 rings (SSSR count). The predicted octanol–water partition coefficient (Wildman–Crippen LogP) is 3.38. The van der Waals surface area contributed by atoms with E-state index in [4.69, 9.17) is 9.84 Å². The van der Waals surface area contributed by atoms with E-state index in [-0.39, 0.29) is 56.1 Å². The molecule has 2 aliphatic rings. The van der Waals surface area contributed by atoms with Gasteiger partial charge in [0.25, 0.3) is 5.91 Å². The van der Waals surface area contributed by atoms with Gasteiger partial charge in [-0.05, 0) is 54.5 Å². The van der Waals surface area contributed by atoms with Gasteiger partial charge in [0, 0.05) is 31.9 Å². The summed E-state index contributed by atoms with van der Waals surface area (Å²) >= 11 is 0. The zero-order chi connectivity index (χ0) is 30.4. The number of carboxylic acid groups (broad SMARTS) is 1. The number of nitrogens with one attached hydrogen (secondary N) is 2. The third kappa shape index (κ3) is 6.57. The van der Waals surface area contributed by atoms with Crippen molar-refractivity contribution in [2.45, 2.75) is 49.5 Å². The maximum absolute atomic E-state index is 14.0. The first kappa shape index (κ1) is 32.5. The number of likely N-dealkylation sites (tertiary alicyclic amines) is 1. The molecule has 1 saturated heterocycles. The number of benzene rings is 2. The molecule has 1 fully saturated rings. The van der Waals surface area contributed by atoms with Crippen molar-refractivity contribution < 1.29 is 29.0 Å². The Bertz CT molecular complexity index is 1490. The number of amides is 3. The summed E-state index contributed by atoms with van der Waals surface area (Å²) in [6, 6.07) is 20.3. The van der Waals surface area contributed by atoms with E-state index in [0.717, 1.165) is 16.7 Å². The Labute approximate surface area is 263 Å². The van der Waals surface area contributed by atoms with E-state index in [2.05, 4.69) is 15.6 Å². The van der Waals surface area contributed by atoms with Gasteiger partial charge in [-0.2, -0.15) is 13.5 Å². The van der Waals surface area contributed by atoms with Crippen LogP contribution in [0.5, 0.6) is 5.88 Å². The zero-order valence-corrected chi connectivity index (χ0v) is 25.6. The fourth-order valence-corrected chi connectivity index (χ4v) is 6.37. The molecule has 232 valence electrons. The number of ether oxygens (including phenoxy) is 1. The molecule has 0 saturated carbocycles. The van der Waals surface area contributed by atoms with Crippen LogP contribution in [-0.4, -0.2) is 71.5 Å². The first-order chi connectivity index (χ1) is 20.8. The summed E-state index contributed by atoms with van der Waals surface area (Å²) in [6.45, 7) is 1.03. The van der Waals surface area contributed by atoms with E-state index in [0.29, 0.717) is 44.3 Å². The number of methoxy groups -OCH3 is 1. The first-order valence-corrected chi connectivity index (χ1v) is 14.6. The number of piperidine rings is 1. The Morgan fingerprint density at radius 3 is 2.39 bits per heavy atom. The van der Waals surface area contributed by atoms with Gasteiger partial charge in [-0.25, -0.2) is 4.98 Å². The van der Waals surface area contributed by atoms with Crippen molar-refractivity contribution in [1.82, 2.24) is 20.5 Å². The second-order valence-corrected chi connectivity index (χ2v) is 11.0. The van der Waals surface area contributed by atoms with Crippen molar-refractivity contribution in [3.05, 3.63) is 95.2 Å². The molecule has 0 radical (unpaired) electrons. The fourth-order valence-electron chi connectivity index (χ4n) is 6.37. The number of pyridine rings is 1. The Balaban J connectivity index is 0.00000442. The van der Waals surface area contributed by atoms with Gasteiger partial charge < -0.3 is 25.4 Å². The number of rotatable bonds is 9. The quantitative estimate of drug-likeness (QED) is 0.334. The summed E-state index contributed by atoms with van der Waals surface area (Å²) < 4.78 is 5.21. The number of carbonyl (C=O) groups is 4. The van der Waals surface area contributed by atoms with Crippen LogP contribution in [0.1, 0.15) is 65.1 Å². The van der Waals surface area contributed by atoms with E-state index in [9.17, 15) is 19.2 Å². The normalized spacial score (nSPS) is 19.6. The smallest absolute Gasteiger partial charge is 0.305 e. The third-order valence-electron chi connectivity index (χ3n) is 8.53. The number of carboxylic acids is 1. The molecule has 1 aromatic heterocycles. The molecule has 3 N–H and O–H groups in total. The lowest BCUT2D eigenvalue weighted by Gasteiger charge is -2.42. The van der Waals surface area contributed by atoms with Crippen LogP contribution in [0.3, 0.4) is 0 Å². The molecule has 0 bridgehead atoms. The van der Waals surface area contributed by atoms with E-state index in [1.165, 1.54) is 7.11 Å². The number of nitrogens with zero attached hydrogens (tertiary/aromatic N) is 2. The van der Waals surface area contributed by atoms with Crippen LogP contribution in [-0.2, 0) is 19.8 Å².